The van der Waals surface area contributed by atoms with Gasteiger partial charge in [0.25, 0.3) is 11.8 Å². The van der Waals surface area contributed by atoms with Crippen molar-refractivity contribution in [1.82, 2.24) is 15.0 Å². The SMILES string of the molecule is O=C(c1cccc(F)c1)N1CCCC(c2noc(COc3ccccc3)n2)C1. The van der Waals surface area contributed by atoms with Gasteiger partial charge in [0.15, 0.2) is 12.4 Å². The number of para-hydroxylation sites is 1. The van der Waals surface area contributed by atoms with Crippen molar-refractivity contribution in [3.8, 4) is 5.75 Å². The highest BCUT2D eigenvalue weighted by molar-refractivity contribution is 5.94. The average molecular weight is 381 g/mol. The second kappa shape index (κ2) is 8.21. The summed E-state index contributed by atoms with van der Waals surface area (Å²) in [6, 6.07) is 15.2. The predicted molar refractivity (Wildman–Crippen MR) is 99.4 cm³/mol. The lowest BCUT2D eigenvalue weighted by molar-refractivity contribution is 0.0703. The zero-order valence-electron chi connectivity index (χ0n) is 15.3. The summed E-state index contributed by atoms with van der Waals surface area (Å²) in [7, 11) is 0. The van der Waals surface area contributed by atoms with E-state index in [-0.39, 0.29) is 18.4 Å². The van der Waals surface area contributed by atoms with Gasteiger partial charge in [-0.15, -0.1) is 0 Å². The number of aromatic nitrogens is 2. The third-order valence-electron chi connectivity index (χ3n) is 4.73. The van der Waals surface area contributed by atoms with Gasteiger partial charge in [-0.2, -0.15) is 4.98 Å². The van der Waals surface area contributed by atoms with Crippen molar-refractivity contribution < 1.29 is 18.4 Å². The maximum atomic E-state index is 13.4. The van der Waals surface area contributed by atoms with Gasteiger partial charge in [0.1, 0.15) is 11.6 Å². The second-order valence-electron chi connectivity index (χ2n) is 6.75. The molecule has 2 heterocycles. The molecule has 1 aromatic heterocycles. The van der Waals surface area contributed by atoms with Gasteiger partial charge in [-0.1, -0.05) is 29.4 Å². The largest absolute Gasteiger partial charge is 0.484 e. The lowest BCUT2D eigenvalue weighted by Crippen LogP contribution is -2.39. The minimum absolute atomic E-state index is 0.0134. The molecule has 0 aliphatic carbocycles. The van der Waals surface area contributed by atoms with Crippen LogP contribution in [0.2, 0.25) is 0 Å². The van der Waals surface area contributed by atoms with E-state index in [9.17, 15) is 9.18 Å². The fraction of sp³-hybridized carbons (Fsp3) is 0.286. The predicted octanol–water partition coefficient (Wildman–Crippen LogP) is 3.81. The van der Waals surface area contributed by atoms with Crippen molar-refractivity contribution in [1.29, 1.82) is 0 Å². The van der Waals surface area contributed by atoms with Crippen LogP contribution in [-0.2, 0) is 6.61 Å². The summed E-state index contributed by atoms with van der Waals surface area (Å²) in [5.74, 6) is 1.09. The molecule has 0 N–H and O–H groups in total. The highest BCUT2D eigenvalue weighted by Gasteiger charge is 2.28. The molecular formula is C21H20FN3O3. The van der Waals surface area contributed by atoms with E-state index < -0.39 is 5.82 Å². The van der Waals surface area contributed by atoms with E-state index in [0.29, 0.717) is 30.4 Å². The minimum Gasteiger partial charge on any atom is -0.484 e. The Morgan fingerprint density at radius 1 is 1.21 bits per heavy atom. The van der Waals surface area contributed by atoms with Crippen LogP contribution >= 0.6 is 0 Å². The van der Waals surface area contributed by atoms with Crippen LogP contribution in [0.25, 0.3) is 0 Å². The first kappa shape index (κ1) is 18.2. The Kier molecular flexibility index (Phi) is 5.32. The van der Waals surface area contributed by atoms with E-state index in [0.717, 1.165) is 18.6 Å². The van der Waals surface area contributed by atoms with Gasteiger partial charge in [0.05, 0.1) is 0 Å². The summed E-state index contributed by atoms with van der Waals surface area (Å²) >= 11 is 0. The van der Waals surface area contributed by atoms with Gasteiger partial charge in [-0.05, 0) is 43.2 Å². The van der Waals surface area contributed by atoms with Crippen LogP contribution in [0.15, 0.2) is 59.1 Å². The van der Waals surface area contributed by atoms with Crippen LogP contribution in [0.5, 0.6) is 5.75 Å². The summed E-state index contributed by atoms with van der Waals surface area (Å²) in [4.78, 5) is 18.8. The molecule has 3 aromatic rings. The minimum atomic E-state index is -0.416. The van der Waals surface area contributed by atoms with Gasteiger partial charge in [0, 0.05) is 24.6 Å². The standard InChI is InChI=1S/C21H20FN3O3/c22-17-8-4-6-15(12-17)21(26)25-11-5-7-16(13-25)20-23-19(28-24-20)14-27-18-9-2-1-3-10-18/h1-4,6,8-10,12,16H,5,7,11,13-14H2. The Balaban J connectivity index is 1.39. The number of piperidine rings is 1. The number of hydrogen-bond acceptors (Lipinski definition) is 5. The van der Waals surface area contributed by atoms with E-state index in [1.54, 1.807) is 17.0 Å². The lowest BCUT2D eigenvalue weighted by Gasteiger charge is -2.31. The number of halogens is 1. The molecule has 6 nitrogen and oxygen atoms in total. The summed E-state index contributed by atoms with van der Waals surface area (Å²) < 4.78 is 24.3. The van der Waals surface area contributed by atoms with Crippen molar-refractivity contribution in [3.63, 3.8) is 0 Å². The first-order valence-electron chi connectivity index (χ1n) is 9.24. The highest BCUT2D eigenvalue weighted by Crippen LogP contribution is 2.26. The zero-order valence-corrected chi connectivity index (χ0v) is 15.3. The number of rotatable bonds is 5. The Morgan fingerprint density at radius 2 is 2.07 bits per heavy atom. The van der Waals surface area contributed by atoms with Crippen LogP contribution in [0.3, 0.4) is 0 Å². The maximum Gasteiger partial charge on any atom is 0.264 e. The van der Waals surface area contributed by atoms with Crippen molar-refractivity contribution >= 4 is 5.91 Å². The zero-order chi connectivity index (χ0) is 19.3. The third-order valence-corrected chi connectivity index (χ3v) is 4.73. The second-order valence-corrected chi connectivity index (χ2v) is 6.75. The highest BCUT2D eigenvalue weighted by atomic mass is 19.1. The molecule has 0 bridgehead atoms. The quantitative estimate of drug-likeness (QED) is 0.672. The lowest BCUT2D eigenvalue weighted by atomic mass is 9.96. The van der Waals surface area contributed by atoms with Crippen LogP contribution in [0, 0.1) is 5.82 Å². The van der Waals surface area contributed by atoms with Crippen molar-refractivity contribution in [2.45, 2.75) is 25.4 Å². The molecule has 1 aliphatic heterocycles. The third kappa shape index (κ3) is 4.19. The average Bonchev–Trinajstić information content (AvgIpc) is 3.22. The number of nitrogens with zero attached hydrogens (tertiary/aromatic N) is 3. The molecule has 0 radical (unpaired) electrons. The summed E-state index contributed by atoms with van der Waals surface area (Å²) in [6.07, 6.45) is 1.70. The molecule has 1 amide bonds. The number of likely N-dealkylation sites (tertiary alicyclic amines) is 1. The van der Waals surface area contributed by atoms with E-state index >= 15 is 0 Å². The molecule has 0 saturated carbocycles. The Morgan fingerprint density at radius 3 is 2.89 bits per heavy atom. The van der Waals surface area contributed by atoms with Crippen LogP contribution in [-0.4, -0.2) is 34.0 Å². The number of benzene rings is 2. The maximum absolute atomic E-state index is 13.4. The number of carbonyl (C=O) groups is 1. The fourth-order valence-corrected chi connectivity index (χ4v) is 3.33. The van der Waals surface area contributed by atoms with Crippen LogP contribution in [0.4, 0.5) is 4.39 Å². The van der Waals surface area contributed by atoms with Crippen molar-refractivity contribution in [2.75, 3.05) is 13.1 Å². The normalized spacial score (nSPS) is 16.8. The summed E-state index contributed by atoms with van der Waals surface area (Å²) in [5, 5.41) is 4.07. The molecule has 1 saturated heterocycles. The van der Waals surface area contributed by atoms with Crippen molar-refractivity contribution in [2.24, 2.45) is 0 Å². The topological polar surface area (TPSA) is 68.5 Å². The number of hydrogen-bond donors (Lipinski definition) is 0. The molecular weight excluding hydrogens is 361 g/mol. The Hall–Kier alpha value is -3.22. The van der Waals surface area contributed by atoms with E-state index in [4.69, 9.17) is 9.26 Å². The van der Waals surface area contributed by atoms with Gasteiger partial charge in [-0.3, -0.25) is 4.79 Å². The molecule has 1 unspecified atom stereocenters. The van der Waals surface area contributed by atoms with Crippen LogP contribution < -0.4 is 4.74 Å². The summed E-state index contributed by atoms with van der Waals surface area (Å²) in [5.41, 5.74) is 0.353. The Labute approximate surface area is 161 Å². The van der Waals surface area contributed by atoms with Gasteiger partial charge < -0.3 is 14.2 Å². The monoisotopic (exact) mass is 381 g/mol. The van der Waals surface area contributed by atoms with E-state index in [2.05, 4.69) is 10.1 Å². The molecule has 1 fully saturated rings. The van der Waals surface area contributed by atoms with Gasteiger partial charge in [-0.25, -0.2) is 4.39 Å². The molecule has 1 atom stereocenters. The first-order chi connectivity index (χ1) is 13.7. The smallest absolute Gasteiger partial charge is 0.264 e. The molecule has 2 aromatic carbocycles. The molecule has 1 aliphatic rings. The number of amides is 1. The molecule has 7 heteroatoms. The molecule has 28 heavy (non-hydrogen) atoms. The first-order valence-corrected chi connectivity index (χ1v) is 9.24. The summed E-state index contributed by atoms with van der Waals surface area (Å²) in [6.45, 7) is 1.30. The van der Waals surface area contributed by atoms with E-state index in [1.807, 2.05) is 30.3 Å². The molecule has 144 valence electrons. The van der Waals surface area contributed by atoms with Gasteiger partial charge in [0.2, 0.25) is 0 Å². The molecule has 4 rings (SSSR count). The fourth-order valence-electron chi connectivity index (χ4n) is 3.33. The molecule has 0 spiro atoms. The Bertz CT molecular complexity index is 945. The van der Waals surface area contributed by atoms with Crippen LogP contribution in [0.1, 0.15) is 40.8 Å². The van der Waals surface area contributed by atoms with E-state index in [1.165, 1.54) is 12.1 Å². The number of ether oxygens (including phenoxy) is 1. The van der Waals surface area contributed by atoms with Crippen molar-refractivity contribution in [3.05, 3.63) is 77.7 Å². The number of carbonyl (C=O) groups excluding carboxylic acids is 1. The van der Waals surface area contributed by atoms with Gasteiger partial charge >= 0.3 is 0 Å².